The molecule has 8 nitrogen and oxygen atoms in total. The third-order valence-electron chi connectivity index (χ3n) is 5.26. The molecule has 3 rings (SSSR count). The molecule has 2 atom stereocenters. The van der Waals surface area contributed by atoms with Crippen molar-refractivity contribution in [3.05, 3.63) is 34.1 Å². The number of nitrogens with one attached hydrogen (secondary N) is 1. The van der Waals surface area contributed by atoms with Crippen molar-refractivity contribution in [2.45, 2.75) is 62.6 Å². The summed E-state index contributed by atoms with van der Waals surface area (Å²) in [5, 5.41) is 3.39. The number of unbranched alkanes of at least 4 members (excludes halogenated alkanes) is 1. The van der Waals surface area contributed by atoms with Gasteiger partial charge in [0.15, 0.2) is 5.16 Å². The number of thioether (sulfide) groups is 1. The van der Waals surface area contributed by atoms with Gasteiger partial charge in [-0.2, -0.15) is 0 Å². The number of esters is 1. The maximum Gasteiger partial charge on any atom is 0.337 e. The van der Waals surface area contributed by atoms with Crippen molar-refractivity contribution in [1.29, 1.82) is 0 Å². The van der Waals surface area contributed by atoms with Gasteiger partial charge in [0.2, 0.25) is 5.91 Å². The van der Waals surface area contributed by atoms with Gasteiger partial charge in [-0.1, -0.05) is 25.1 Å². The number of carbonyl (C=O) groups is 2. The summed E-state index contributed by atoms with van der Waals surface area (Å²) in [5.41, 5.74) is 0.561. The number of aromatic nitrogens is 2. The van der Waals surface area contributed by atoms with Gasteiger partial charge >= 0.3 is 5.97 Å². The molecule has 9 heteroatoms. The minimum Gasteiger partial charge on any atom is -0.465 e. The molecule has 168 valence electrons. The van der Waals surface area contributed by atoms with Gasteiger partial charge in [0.05, 0.1) is 34.9 Å². The number of fused-ring (bicyclic) bond motifs is 1. The Morgan fingerprint density at radius 2 is 2.23 bits per heavy atom. The molecular weight excluding hydrogens is 418 g/mol. The van der Waals surface area contributed by atoms with E-state index in [2.05, 4.69) is 17.2 Å². The van der Waals surface area contributed by atoms with Crippen molar-refractivity contribution in [2.24, 2.45) is 0 Å². The maximum atomic E-state index is 13.1. The molecule has 0 unspecified atom stereocenters. The minimum absolute atomic E-state index is 0.0689. The first kappa shape index (κ1) is 23.3. The van der Waals surface area contributed by atoms with Crippen molar-refractivity contribution in [3.8, 4) is 0 Å². The second kappa shape index (κ2) is 10.8. The molecule has 1 saturated heterocycles. The van der Waals surface area contributed by atoms with Crippen LogP contribution < -0.4 is 10.9 Å². The number of rotatable bonds is 9. The fourth-order valence-electron chi connectivity index (χ4n) is 3.42. The van der Waals surface area contributed by atoms with E-state index in [4.69, 9.17) is 9.47 Å². The van der Waals surface area contributed by atoms with Crippen LogP contribution in [0.2, 0.25) is 0 Å². The smallest absolute Gasteiger partial charge is 0.337 e. The Morgan fingerprint density at radius 3 is 2.90 bits per heavy atom. The summed E-state index contributed by atoms with van der Waals surface area (Å²) in [4.78, 5) is 42.3. The minimum atomic E-state index is -0.491. The van der Waals surface area contributed by atoms with E-state index in [0.717, 1.165) is 32.3 Å². The summed E-state index contributed by atoms with van der Waals surface area (Å²) < 4.78 is 11.9. The standard InChI is InChI=1S/C22H29N3O5S/c1-4-5-10-25-20(27)17-9-8-15(21(28)29-3)12-18(17)24-22(25)31-14(2)19(26)23-13-16-7-6-11-30-16/h8-9,12,14,16H,4-7,10-11,13H2,1-3H3,(H,23,26)/t14-,16-/m1/s1. The number of hydrogen-bond acceptors (Lipinski definition) is 7. The van der Waals surface area contributed by atoms with Crippen LogP contribution >= 0.6 is 11.8 Å². The van der Waals surface area contributed by atoms with Gasteiger partial charge in [0.25, 0.3) is 5.56 Å². The summed E-state index contributed by atoms with van der Waals surface area (Å²) in [5.74, 6) is -0.616. The Kier molecular flexibility index (Phi) is 8.09. The van der Waals surface area contributed by atoms with Crippen LogP contribution in [0.5, 0.6) is 0 Å². The molecule has 2 heterocycles. The van der Waals surface area contributed by atoms with E-state index in [1.165, 1.54) is 18.9 Å². The normalized spacial score (nSPS) is 16.9. The zero-order valence-electron chi connectivity index (χ0n) is 18.2. The summed E-state index contributed by atoms with van der Waals surface area (Å²) in [6.45, 7) is 5.59. The SMILES string of the molecule is CCCCn1c(S[C@H](C)C(=O)NC[C@H]2CCCO2)nc2cc(C(=O)OC)ccc2c1=O. The predicted molar refractivity (Wildman–Crippen MR) is 120 cm³/mol. The zero-order valence-corrected chi connectivity index (χ0v) is 19.0. The van der Waals surface area contributed by atoms with E-state index in [9.17, 15) is 14.4 Å². The van der Waals surface area contributed by atoms with Crippen LogP contribution in [0.4, 0.5) is 0 Å². The summed E-state index contributed by atoms with van der Waals surface area (Å²) in [7, 11) is 1.31. The fraction of sp³-hybridized carbons (Fsp3) is 0.545. The van der Waals surface area contributed by atoms with Gasteiger partial charge < -0.3 is 14.8 Å². The van der Waals surface area contributed by atoms with Gasteiger partial charge in [-0.15, -0.1) is 0 Å². The third kappa shape index (κ3) is 5.65. The molecule has 0 spiro atoms. The second-order valence-electron chi connectivity index (χ2n) is 7.57. The Morgan fingerprint density at radius 1 is 1.42 bits per heavy atom. The first-order chi connectivity index (χ1) is 14.9. The quantitative estimate of drug-likeness (QED) is 0.358. The average molecular weight is 448 g/mol. The van der Waals surface area contributed by atoms with Crippen LogP contribution in [-0.2, 0) is 20.8 Å². The van der Waals surface area contributed by atoms with Crippen molar-refractivity contribution >= 4 is 34.5 Å². The van der Waals surface area contributed by atoms with Crippen LogP contribution in [0, 0.1) is 0 Å². The monoisotopic (exact) mass is 447 g/mol. The molecule has 1 aliphatic heterocycles. The lowest BCUT2D eigenvalue weighted by atomic mass is 10.1. The van der Waals surface area contributed by atoms with Crippen molar-refractivity contribution in [2.75, 3.05) is 20.3 Å². The molecule has 1 amide bonds. The van der Waals surface area contributed by atoms with E-state index >= 15 is 0 Å². The maximum absolute atomic E-state index is 13.1. The molecule has 1 fully saturated rings. The number of hydrogen-bond donors (Lipinski definition) is 1. The average Bonchev–Trinajstić information content (AvgIpc) is 3.30. The van der Waals surface area contributed by atoms with E-state index in [1.807, 2.05) is 0 Å². The molecule has 1 aromatic carbocycles. The molecule has 1 aliphatic rings. The first-order valence-corrected chi connectivity index (χ1v) is 11.5. The number of amides is 1. The topological polar surface area (TPSA) is 99.5 Å². The molecule has 31 heavy (non-hydrogen) atoms. The highest BCUT2D eigenvalue weighted by Crippen LogP contribution is 2.24. The molecule has 0 saturated carbocycles. The number of carbonyl (C=O) groups excluding carboxylic acids is 2. The molecule has 0 radical (unpaired) electrons. The number of methoxy groups -OCH3 is 1. The Hall–Kier alpha value is -2.39. The van der Waals surface area contributed by atoms with Crippen LogP contribution in [0.3, 0.4) is 0 Å². The summed E-state index contributed by atoms with van der Waals surface area (Å²) in [6.07, 6.45) is 3.78. The lowest BCUT2D eigenvalue weighted by Gasteiger charge is -2.17. The van der Waals surface area contributed by atoms with Gasteiger partial charge in [-0.25, -0.2) is 9.78 Å². The lowest BCUT2D eigenvalue weighted by molar-refractivity contribution is -0.120. The van der Waals surface area contributed by atoms with Crippen molar-refractivity contribution < 1.29 is 19.1 Å². The van der Waals surface area contributed by atoms with E-state index in [-0.39, 0.29) is 17.6 Å². The summed E-state index contributed by atoms with van der Waals surface area (Å²) >= 11 is 1.24. The Bertz CT molecular complexity index is 1000. The van der Waals surface area contributed by atoms with Gasteiger partial charge in [0, 0.05) is 19.7 Å². The molecule has 0 bridgehead atoms. The lowest BCUT2D eigenvalue weighted by Crippen LogP contribution is -2.37. The Labute approximate surface area is 185 Å². The predicted octanol–water partition coefficient (Wildman–Crippen LogP) is 2.76. The highest BCUT2D eigenvalue weighted by molar-refractivity contribution is 8.00. The molecule has 0 aliphatic carbocycles. The largest absolute Gasteiger partial charge is 0.465 e. The highest BCUT2D eigenvalue weighted by atomic mass is 32.2. The van der Waals surface area contributed by atoms with E-state index in [0.29, 0.717) is 34.7 Å². The van der Waals surface area contributed by atoms with Crippen LogP contribution in [0.25, 0.3) is 10.9 Å². The van der Waals surface area contributed by atoms with Crippen molar-refractivity contribution in [1.82, 2.24) is 14.9 Å². The Balaban J connectivity index is 1.87. The first-order valence-electron chi connectivity index (χ1n) is 10.6. The van der Waals surface area contributed by atoms with Gasteiger partial charge in [0.1, 0.15) is 0 Å². The number of benzene rings is 1. The van der Waals surface area contributed by atoms with Crippen LogP contribution in [0.1, 0.15) is 49.9 Å². The fourth-order valence-corrected chi connectivity index (χ4v) is 4.38. The molecular formula is C22H29N3O5S. The van der Waals surface area contributed by atoms with Gasteiger partial charge in [-0.05, 0) is 44.4 Å². The molecule has 2 aromatic rings. The highest BCUT2D eigenvalue weighted by Gasteiger charge is 2.22. The third-order valence-corrected chi connectivity index (χ3v) is 6.35. The molecule has 1 N–H and O–H groups in total. The second-order valence-corrected chi connectivity index (χ2v) is 8.88. The van der Waals surface area contributed by atoms with E-state index < -0.39 is 11.2 Å². The molecule has 1 aromatic heterocycles. The van der Waals surface area contributed by atoms with E-state index in [1.54, 1.807) is 29.7 Å². The summed E-state index contributed by atoms with van der Waals surface area (Å²) in [6, 6.07) is 4.72. The van der Waals surface area contributed by atoms with Crippen molar-refractivity contribution in [3.63, 3.8) is 0 Å². The van der Waals surface area contributed by atoms with Crippen LogP contribution in [-0.4, -0.2) is 53.0 Å². The van der Waals surface area contributed by atoms with Crippen LogP contribution in [0.15, 0.2) is 28.2 Å². The zero-order chi connectivity index (χ0) is 22.4. The number of ether oxygens (including phenoxy) is 2. The number of nitrogens with zero attached hydrogens (tertiary/aromatic N) is 2. The van der Waals surface area contributed by atoms with Gasteiger partial charge in [-0.3, -0.25) is 14.2 Å².